The number of nitrogens with one attached hydrogen (secondary N) is 1. The maximum Gasteiger partial charge on any atom is 0.258 e. The summed E-state index contributed by atoms with van der Waals surface area (Å²) in [6.07, 6.45) is 0.202. The van der Waals surface area contributed by atoms with Crippen LogP contribution in [0, 0.1) is 5.82 Å². The predicted molar refractivity (Wildman–Crippen MR) is 92.2 cm³/mol. The van der Waals surface area contributed by atoms with E-state index in [4.69, 9.17) is 16.3 Å². The third-order valence-electron chi connectivity index (χ3n) is 3.82. The highest BCUT2D eigenvalue weighted by molar-refractivity contribution is 6.30. The van der Waals surface area contributed by atoms with Crippen molar-refractivity contribution in [3.05, 3.63) is 59.4 Å². The molecule has 25 heavy (non-hydrogen) atoms. The van der Waals surface area contributed by atoms with E-state index < -0.39 is 11.7 Å². The molecule has 1 aliphatic heterocycles. The van der Waals surface area contributed by atoms with E-state index in [9.17, 15) is 14.0 Å². The van der Waals surface area contributed by atoms with E-state index in [1.807, 2.05) is 0 Å². The summed E-state index contributed by atoms with van der Waals surface area (Å²) in [6, 6.07) is 12.5. The summed E-state index contributed by atoms with van der Waals surface area (Å²) < 4.78 is 18.6. The van der Waals surface area contributed by atoms with Gasteiger partial charge in [0.05, 0.1) is 6.04 Å². The van der Waals surface area contributed by atoms with E-state index in [1.165, 1.54) is 18.2 Å². The molecule has 2 aromatic rings. The maximum atomic E-state index is 13.4. The van der Waals surface area contributed by atoms with Gasteiger partial charge in [-0.15, -0.1) is 0 Å². The van der Waals surface area contributed by atoms with Gasteiger partial charge in [0.25, 0.3) is 5.91 Å². The highest BCUT2D eigenvalue weighted by Crippen LogP contribution is 2.23. The van der Waals surface area contributed by atoms with E-state index in [2.05, 4.69) is 5.32 Å². The largest absolute Gasteiger partial charge is 0.481 e. The van der Waals surface area contributed by atoms with Crippen LogP contribution in [0.1, 0.15) is 6.42 Å². The predicted octanol–water partition coefficient (Wildman–Crippen LogP) is 2.78. The molecule has 0 bridgehead atoms. The Morgan fingerprint density at radius 1 is 1.24 bits per heavy atom. The first-order chi connectivity index (χ1) is 12.0. The van der Waals surface area contributed by atoms with Crippen molar-refractivity contribution in [2.45, 2.75) is 12.5 Å². The number of carbonyl (C=O) groups excluding carboxylic acids is 2. The van der Waals surface area contributed by atoms with E-state index in [0.717, 1.165) is 5.69 Å². The second-order valence-corrected chi connectivity index (χ2v) is 6.10. The fraction of sp³-hybridized carbons (Fsp3) is 0.222. The molecule has 1 N–H and O–H groups in total. The van der Waals surface area contributed by atoms with Gasteiger partial charge >= 0.3 is 0 Å². The smallest absolute Gasteiger partial charge is 0.258 e. The molecule has 0 unspecified atom stereocenters. The van der Waals surface area contributed by atoms with Gasteiger partial charge in [0.1, 0.15) is 0 Å². The van der Waals surface area contributed by atoms with Crippen molar-refractivity contribution < 1.29 is 18.7 Å². The van der Waals surface area contributed by atoms with Gasteiger partial charge in [-0.05, 0) is 36.4 Å². The molecule has 5 nitrogen and oxygen atoms in total. The number of anilines is 1. The summed E-state index contributed by atoms with van der Waals surface area (Å²) in [7, 11) is 0. The molecule has 3 rings (SSSR count). The third kappa shape index (κ3) is 4.28. The van der Waals surface area contributed by atoms with Crippen molar-refractivity contribution in [1.29, 1.82) is 0 Å². The average molecular weight is 363 g/mol. The number of benzene rings is 2. The van der Waals surface area contributed by atoms with Crippen LogP contribution in [-0.4, -0.2) is 31.0 Å². The van der Waals surface area contributed by atoms with Crippen molar-refractivity contribution in [3.8, 4) is 5.75 Å². The minimum Gasteiger partial charge on any atom is -0.481 e. The number of nitrogens with zero attached hydrogens (tertiary/aromatic N) is 1. The number of halogens is 2. The molecule has 2 aromatic carbocycles. The Morgan fingerprint density at radius 2 is 1.96 bits per heavy atom. The lowest BCUT2D eigenvalue weighted by molar-refractivity contribution is -0.123. The molecule has 130 valence electrons. The molecule has 0 aliphatic carbocycles. The van der Waals surface area contributed by atoms with Crippen LogP contribution in [-0.2, 0) is 9.59 Å². The summed E-state index contributed by atoms with van der Waals surface area (Å²) in [6.45, 7) is 0.0540. The zero-order chi connectivity index (χ0) is 17.8. The minimum atomic E-state index is -0.528. The van der Waals surface area contributed by atoms with Gasteiger partial charge in [-0.3, -0.25) is 9.59 Å². The Kier molecular flexibility index (Phi) is 5.19. The molecular weight excluding hydrogens is 347 g/mol. The van der Waals surface area contributed by atoms with Crippen LogP contribution in [0.25, 0.3) is 0 Å². The average Bonchev–Trinajstić information content (AvgIpc) is 2.95. The highest BCUT2D eigenvalue weighted by atomic mass is 35.5. The van der Waals surface area contributed by atoms with Crippen LogP contribution < -0.4 is 15.0 Å². The molecule has 0 aromatic heterocycles. The van der Waals surface area contributed by atoms with Gasteiger partial charge in [-0.2, -0.15) is 0 Å². The molecule has 0 saturated carbocycles. The van der Waals surface area contributed by atoms with E-state index in [1.54, 1.807) is 35.2 Å². The first-order valence-corrected chi connectivity index (χ1v) is 8.13. The van der Waals surface area contributed by atoms with Crippen molar-refractivity contribution in [3.63, 3.8) is 0 Å². The lowest BCUT2D eigenvalue weighted by atomic mass is 10.2. The molecule has 0 radical (unpaired) electrons. The lowest BCUT2D eigenvalue weighted by Gasteiger charge is -2.17. The first-order valence-electron chi connectivity index (χ1n) is 7.75. The molecule has 0 spiro atoms. The number of ether oxygens (including phenoxy) is 1. The zero-order valence-electron chi connectivity index (χ0n) is 13.2. The number of rotatable bonds is 5. The summed E-state index contributed by atoms with van der Waals surface area (Å²) in [4.78, 5) is 25.7. The van der Waals surface area contributed by atoms with Crippen molar-refractivity contribution in [2.75, 3.05) is 18.1 Å². The van der Waals surface area contributed by atoms with Gasteiger partial charge in [-0.25, -0.2) is 4.39 Å². The van der Waals surface area contributed by atoms with Crippen LogP contribution in [0.5, 0.6) is 5.75 Å². The number of para-hydroxylation sites is 1. The van der Waals surface area contributed by atoms with Crippen LogP contribution >= 0.6 is 11.6 Å². The second kappa shape index (κ2) is 7.53. The minimum absolute atomic E-state index is 0.0166. The molecule has 7 heteroatoms. The number of hydrogen-bond acceptors (Lipinski definition) is 3. The number of hydrogen-bond donors (Lipinski definition) is 1. The third-order valence-corrected chi connectivity index (χ3v) is 4.08. The second-order valence-electron chi connectivity index (χ2n) is 5.67. The van der Waals surface area contributed by atoms with Crippen LogP contribution in [0.2, 0.25) is 5.02 Å². The van der Waals surface area contributed by atoms with Crippen molar-refractivity contribution >= 4 is 29.1 Å². The number of carbonyl (C=O) groups is 2. The monoisotopic (exact) mass is 362 g/mol. The fourth-order valence-electron chi connectivity index (χ4n) is 2.65. The maximum absolute atomic E-state index is 13.4. The summed E-state index contributed by atoms with van der Waals surface area (Å²) in [5.74, 6) is -0.996. The van der Waals surface area contributed by atoms with Crippen molar-refractivity contribution in [1.82, 2.24) is 5.32 Å². The lowest BCUT2D eigenvalue weighted by Crippen LogP contribution is -2.39. The highest BCUT2D eigenvalue weighted by Gasteiger charge is 2.31. The van der Waals surface area contributed by atoms with E-state index >= 15 is 0 Å². The SMILES string of the molecule is O=C(COc1ccccc1F)N[C@@H]1CC(=O)N(c2ccc(Cl)cc2)C1. The summed E-state index contributed by atoms with van der Waals surface area (Å²) >= 11 is 5.85. The van der Waals surface area contributed by atoms with Gasteiger partial charge < -0.3 is 15.0 Å². The fourth-order valence-corrected chi connectivity index (χ4v) is 2.78. The van der Waals surface area contributed by atoms with E-state index in [0.29, 0.717) is 11.6 Å². The summed E-state index contributed by atoms with van der Waals surface area (Å²) in [5.41, 5.74) is 0.730. The Hall–Kier alpha value is -2.60. The van der Waals surface area contributed by atoms with Gasteiger partial charge in [-0.1, -0.05) is 23.7 Å². The first kappa shape index (κ1) is 17.2. The van der Waals surface area contributed by atoms with Crippen LogP contribution in [0.4, 0.5) is 10.1 Å². The standard InChI is InChI=1S/C18H16ClFN2O3/c19-12-5-7-14(8-6-12)22-10-13(9-18(22)24)21-17(23)11-25-16-4-2-1-3-15(16)20/h1-8,13H,9-11H2,(H,21,23)/t13-/m1/s1. The molecule has 1 atom stereocenters. The number of amides is 2. The molecule has 2 amide bonds. The van der Waals surface area contributed by atoms with Gasteiger partial charge in [0.15, 0.2) is 18.2 Å². The Balaban J connectivity index is 1.53. The quantitative estimate of drug-likeness (QED) is 0.889. The molecule has 1 heterocycles. The Morgan fingerprint density at radius 3 is 2.68 bits per heavy atom. The topological polar surface area (TPSA) is 58.6 Å². The van der Waals surface area contributed by atoms with Crippen LogP contribution in [0.3, 0.4) is 0 Å². The normalized spacial score (nSPS) is 16.8. The van der Waals surface area contributed by atoms with E-state index in [-0.39, 0.29) is 30.7 Å². The molecule has 1 fully saturated rings. The van der Waals surface area contributed by atoms with Gasteiger partial charge in [0, 0.05) is 23.7 Å². The molecule has 1 saturated heterocycles. The van der Waals surface area contributed by atoms with Gasteiger partial charge in [0.2, 0.25) is 5.91 Å². The molecular formula is C18H16ClFN2O3. The Labute approximate surface area is 149 Å². The zero-order valence-corrected chi connectivity index (χ0v) is 14.0. The Bertz CT molecular complexity index is 782. The molecule has 1 aliphatic rings. The van der Waals surface area contributed by atoms with Crippen LogP contribution in [0.15, 0.2) is 48.5 Å². The summed E-state index contributed by atoms with van der Waals surface area (Å²) in [5, 5.41) is 3.32. The van der Waals surface area contributed by atoms with Crippen molar-refractivity contribution in [2.24, 2.45) is 0 Å².